The van der Waals surface area contributed by atoms with Crippen LogP contribution in [-0.2, 0) is 0 Å². The maximum absolute atomic E-state index is 12.5. The van der Waals surface area contributed by atoms with Crippen molar-refractivity contribution in [2.24, 2.45) is 0 Å². The van der Waals surface area contributed by atoms with Gasteiger partial charge in [0.15, 0.2) is 5.78 Å². The Morgan fingerprint density at radius 3 is 2.85 bits per heavy atom. The number of benzene rings is 1. The Bertz CT molecular complexity index is 665. The van der Waals surface area contributed by atoms with E-state index in [1.165, 1.54) is 19.4 Å². The lowest BCUT2D eigenvalue weighted by Gasteiger charge is -2.11. The maximum Gasteiger partial charge on any atom is 0.188 e. The quantitative estimate of drug-likeness (QED) is 0.810. The molecule has 0 fully saturated rings. The molecule has 5 heteroatoms. The molecule has 0 aliphatic heterocycles. The van der Waals surface area contributed by atoms with Gasteiger partial charge in [-0.25, -0.2) is 0 Å². The molecular weight excluding hydrogens is 276 g/mol. The van der Waals surface area contributed by atoms with Crippen LogP contribution in [0, 0.1) is 11.3 Å². The van der Waals surface area contributed by atoms with E-state index in [9.17, 15) is 10.1 Å². The molecule has 0 bridgehead atoms. The molecule has 0 saturated heterocycles. The molecule has 4 nitrogen and oxygen atoms in total. The van der Waals surface area contributed by atoms with E-state index in [0.717, 1.165) is 0 Å². The number of ether oxygens (including phenoxy) is 1. The first-order valence-corrected chi connectivity index (χ1v) is 6.22. The van der Waals surface area contributed by atoms with Crippen LogP contribution >= 0.6 is 11.6 Å². The van der Waals surface area contributed by atoms with Crippen molar-refractivity contribution in [1.82, 2.24) is 4.98 Å². The van der Waals surface area contributed by atoms with Gasteiger partial charge in [-0.05, 0) is 29.8 Å². The number of hydrogen-bond donors (Lipinski definition) is 0. The van der Waals surface area contributed by atoms with Crippen LogP contribution in [0.25, 0.3) is 0 Å². The minimum Gasteiger partial charge on any atom is -0.496 e. The van der Waals surface area contributed by atoms with Gasteiger partial charge in [0.1, 0.15) is 11.7 Å². The van der Waals surface area contributed by atoms with E-state index in [0.29, 0.717) is 16.3 Å². The lowest BCUT2D eigenvalue weighted by atomic mass is 9.92. The van der Waals surface area contributed by atoms with Crippen LogP contribution in [0.1, 0.15) is 21.8 Å². The Morgan fingerprint density at radius 2 is 2.25 bits per heavy atom. The smallest absolute Gasteiger partial charge is 0.188 e. The Balaban J connectivity index is 2.45. The summed E-state index contributed by atoms with van der Waals surface area (Å²) in [6, 6.07) is 10.1. The molecule has 0 aliphatic carbocycles. The molecule has 1 atom stereocenters. The van der Waals surface area contributed by atoms with Crippen molar-refractivity contribution >= 4 is 17.4 Å². The third-order valence-electron chi connectivity index (χ3n) is 2.84. The molecule has 1 unspecified atom stereocenters. The lowest BCUT2D eigenvalue weighted by molar-refractivity contribution is 0.0976. The molecule has 1 aromatic carbocycles. The summed E-state index contributed by atoms with van der Waals surface area (Å²) < 4.78 is 5.15. The Hall–Kier alpha value is -2.38. The number of Topliss-reactive ketones (excluding diaryl/α,β-unsaturated/α-hetero) is 1. The summed E-state index contributed by atoms with van der Waals surface area (Å²) >= 11 is 5.91. The predicted octanol–water partition coefficient (Wildman–Crippen LogP) is 3.23. The number of nitriles is 1. The van der Waals surface area contributed by atoms with Crippen molar-refractivity contribution in [3.8, 4) is 11.8 Å². The van der Waals surface area contributed by atoms with E-state index in [1.54, 1.807) is 30.5 Å². The van der Waals surface area contributed by atoms with Crippen LogP contribution in [0.2, 0.25) is 5.02 Å². The van der Waals surface area contributed by atoms with Crippen molar-refractivity contribution in [3.05, 3.63) is 58.9 Å². The number of rotatable bonds is 4. The van der Waals surface area contributed by atoms with Gasteiger partial charge in [0.25, 0.3) is 0 Å². The second kappa shape index (κ2) is 6.18. The molecule has 1 aromatic heterocycles. The highest BCUT2D eigenvalue weighted by Gasteiger charge is 2.24. The number of nitrogens with zero attached hydrogens (tertiary/aromatic N) is 2. The maximum atomic E-state index is 12.5. The van der Waals surface area contributed by atoms with Crippen LogP contribution < -0.4 is 4.74 Å². The van der Waals surface area contributed by atoms with Gasteiger partial charge < -0.3 is 4.74 Å². The largest absolute Gasteiger partial charge is 0.496 e. The number of methoxy groups -OCH3 is 1. The van der Waals surface area contributed by atoms with Crippen LogP contribution in [0.3, 0.4) is 0 Å². The summed E-state index contributed by atoms with van der Waals surface area (Å²) in [6.45, 7) is 0. The highest BCUT2D eigenvalue weighted by atomic mass is 35.5. The third kappa shape index (κ3) is 2.79. The Morgan fingerprint density at radius 1 is 1.45 bits per heavy atom. The summed E-state index contributed by atoms with van der Waals surface area (Å²) in [7, 11) is 1.46. The molecule has 1 heterocycles. The number of carbonyl (C=O) groups is 1. The SMILES string of the molecule is COc1ccc(Cl)cc1C(=O)C(C#N)c1cccnc1. The van der Waals surface area contributed by atoms with E-state index in [-0.39, 0.29) is 11.3 Å². The van der Waals surface area contributed by atoms with E-state index < -0.39 is 5.92 Å². The molecule has 0 aliphatic rings. The molecule has 20 heavy (non-hydrogen) atoms. The topological polar surface area (TPSA) is 63.0 Å². The Kier molecular flexibility index (Phi) is 4.34. The first-order valence-electron chi connectivity index (χ1n) is 5.84. The fourth-order valence-corrected chi connectivity index (χ4v) is 2.03. The number of hydrogen-bond acceptors (Lipinski definition) is 4. The summed E-state index contributed by atoms with van der Waals surface area (Å²) in [4.78, 5) is 16.4. The number of aromatic nitrogens is 1. The lowest BCUT2D eigenvalue weighted by Crippen LogP contribution is -2.12. The number of carbonyl (C=O) groups excluding carboxylic acids is 1. The predicted molar refractivity (Wildman–Crippen MR) is 74.9 cm³/mol. The van der Waals surface area contributed by atoms with E-state index in [2.05, 4.69) is 4.98 Å². The minimum atomic E-state index is -0.934. The summed E-state index contributed by atoms with van der Waals surface area (Å²) in [6.07, 6.45) is 3.09. The fraction of sp³-hybridized carbons (Fsp3) is 0.133. The van der Waals surface area contributed by atoms with Gasteiger partial charge >= 0.3 is 0 Å². The van der Waals surface area contributed by atoms with Gasteiger partial charge in [0.05, 0.1) is 18.7 Å². The van der Waals surface area contributed by atoms with Crippen molar-refractivity contribution in [2.45, 2.75) is 5.92 Å². The number of halogens is 1. The Labute approximate surface area is 121 Å². The van der Waals surface area contributed by atoms with E-state index in [1.807, 2.05) is 6.07 Å². The van der Waals surface area contributed by atoms with Crippen LogP contribution in [-0.4, -0.2) is 17.9 Å². The second-order valence-corrected chi connectivity index (χ2v) is 4.49. The monoisotopic (exact) mass is 286 g/mol. The van der Waals surface area contributed by atoms with Crippen LogP contribution in [0.5, 0.6) is 5.75 Å². The van der Waals surface area contributed by atoms with Gasteiger partial charge in [-0.1, -0.05) is 17.7 Å². The summed E-state index contributed by atoms with van der Waals surface area (Å²) in [5.41, 5.74) is 0.831. The molecule has 2 aromatic rings. The van der Waals surface area contributed by atoms with Crippen molar-refractivity contribution in [2.75, 3.05) is 7.11 Å². The summed E-state index contributed by atoms with van der Waals surface area (Å²) in [5, 5.41) is 9.69. The van der Waals surface area contributed by atoms with E-state index in [4.69, 9.17) is 16.3 Å². The van der Waals surface area contributed by atoms with Gasteiger partial charge in [-0.3, -0.25) is 9.78 Å². The first kappa shape index (κ1) is 14.0. The molecular formula is C15H11ClN2O2. The highest BCUT2D eigenvalue weighted by molar-refractivity contribution is 6.31. The van der Waals surface area contributed by atoms with Crippen molar-refractivity contribution in [1.29, 1.82) is 5.26 Å². The molecule has 0 radical (unpaired) electrons. The molecule has 0 N–H and O–H groups in total. The second-order valence-electron chi connectivity index (χ2n) is 4.06. The first-order chi connectivity index (χ1) is 9.67. The number of ketones is 1. The van der Waals surface area contributed by atoms with Gasteiger partial charge in [0.2, 0.25) is 0 Å². The normalized spacial score (nSPS) is 11.4. The zero-order valence-corrected chi connectivity index (χ0v) is 11.5. The van der Waals surface area contributed by atoms with Crippen LogP contribution in [0.4, 0.5) is 0 Å². The molecule has 0 saturated carbocycles. The molecule has 100 valence electrons. The van der Waals surface area contributed by atoms with Crippen molar-refractivity contribution < 1.29 is 9.53 Å². The third-order valence-corrected chi connectivity index (χ3v) is 3.07. The summed E-state index contributed by atoms with van der Waals surface area (Å²) in [5.74, 6) is -0.903. The highest BCUT2D eigenvalue weighted by Crippen LogP contribution is 2.28. The standard InChI is InChI=1S/C15H11ClN2O2/c1-20-14-5-4-11(16)7-12(14)15(19)13(8-17)10-3-2-6-18-9-10/h2-7,9,13H,1H3. The molecule has 0 spiro atoms. The van der Waals surface area contributed by atoms with Gasteiger partial charge in [0, 0.05) is 17.4 Å². The zero-order chi connectivity index (χ0) is 14.5. The van der Waals surface area contributed by atoms with Gasteiger partial charge in [-0.2, -0.15) is 5.26 Å². The molecule has 0 amide bonds. The minimum absolute atomic E-state index is 0.287. The van der Waals surface area contributed by atoms with E-state index >= 15 is 0 Å². The zero-order valence-electron chi connectivity index (χ0n) is 10.7. The van der Waals surface area contributed by atoms with Crippen molar-refractivity contribution in [3.63, 3.8) is 0 Å². The van der Waals surface area contributed by atoms with Gasteiger partial charge in [-0.15, -0.1) is 0 Å². The molecule has 2 rings (SSSR count). The average molecular weight is 287 g/mol. The average Bonchev–Trinajstić information content (AvgIpc) is 2.49. The number of pyridine rings is 1. The van der Waals surface area contributed by atoms with Crippen LogP contribution in [0.15, 0.2) is 42.7 Å². The fourth-order valence-electron chi connectivity index (χ4n) is 1.86.